The van der Waals surface area contributed by atoms with Crippen LogP contribution in [0.5, 0.6) is 0 Å². The molecule has 1 heterocycles. The van der Waals surface area contributed by atoms with E-state index in [0.29, 0.717) is 12.3 Å². The van der Waals surface area contributed by atoms with Gasteiger partial charge < -0.3 is 5.32 Å². The Kier molecular flexibility index (Phi) is 3.31. The highest BCUT2D eigenvalue weighted by atomic mass is 16.1. The molecule has 2 heteroatoms. The van der Waals surface area contributed by atoms with Crippen LogP contribution >= 0.6 is 0 Å². The second-order valence-corrected chi connectivity index (χ2v) is 5.64. The zero-order valence-corrected chi connectivity index (χ0v) is 11.9. The van der Waals surface area contributed by atoms with Crippen LogP contribution < -0.4 is 5.32 Å². The van der Waals surface area contributed by atoms with E-state index in [9.17, 15) is 4.79 Å². The number of rotatable bonds is 1. The van der Waals surface area contributed by atoms with Gasteiger partial charge in [0, 0.05) is 18.0 Å². The Labute approximate surface area is 119 Å². The second kappa shape index (κ2) is 5.12. The molecule has 1 atom stereocenters. The molecule has 0 radical (unpaired) electrons. The topological polar surface area (TPSA) is 29.1 Å². The lowest BCUT2D eigenvalue weighted by molar-refractivity contribution is -0.116. The molecule has 1 N–H and O–H groups in total. The highest BCUT2D eigenvalue weighted by Crippen LogP contribution is 2.37. The number of amides is 1. The molecule has 0 saturated carbocycles. The first-order valence-electron chi connectivity index (χ1n) is 7.10. The minimum Gasteiger partial charge on any atom is -0.326 e. The average Bonchev–Trinajstić information content (AvgIpc) is 2.58. The van der Waals surface area contributed by atoms with Gasteiger partial charge in [-0.1, -0.05) is 42.0 Å². The van der Waals surface area contributed by atoms with Gasteiger partial charge in [-0.3, -0.25) is 4.79 Å². The van der Waals surface area contributed by atoms with E-state index in [1.165, 1.54) is 22.3 Å². The van der Waals surface area contributed by atoms with Gasteiger partial charge >= 0.3 is 0 Å². The summed E-state index contributed by atoms with van der Waals surface area (Å²) in [6.45, 7) is 4.15. The van der Waals surface area contributed by atoms with Crippen LogP contribution in [0.2, 0.25) is 0 Å². The first-order chi connectivity index (χ1) is 9.63. The van der Waals surface area contributed by atoms with Crippen LogP contribution in [0.15, 0.2) is 42.5 Å². The van der Waals surface area contributed by atoms with Gasteiger partial charge in [-0.25, -0.2) is 0 Å². The third-order valence-electron chi connectivity index (χ3n) is 4.00. The molecule has 0 aromatic heterocycles. The number of hydrogen-bond acceptors (Lipinski definition) is 1. The zero-order valence-electron chi connectivity index (χ0n) is 11.9. The molecule has 0 fully saturated rings. The Morgan fingerprint density at radius 3 is 2.45 bits per heavy atom. The summed E-state index contributed by atoms with van der Waals surface area (Å²) in [5.74, 6) is 0.414. The monoisotopic (exact) mass is 265 g/mol. The van der Waals surface area contributed by atoms with Crippen LogP contribution in [0.1, 0.15) is 41.0 Å². The van der Waals surface area contributed by atoms with Crippen molar-refractivity contribution in [2.75, 3.05) is 5.32 Å². The smallest absolute Gasteiger partial charge is 0.224 e. The van der Waals surface area contributed by atoms with E-state index in [-0.39, 0.29) is 5.91 Å². The van der Waals surface area contributed by atoms with Gasteiger partial charge in [0.2, 0.25) is 5.91 Å². The molecule has 3 rings (SSSR count). The van der Waals surface area contributed by atoms with E-state index in [1.807, 2.05) is 0 Å². The summed E-state index contributed by atoms with van der Waals surface area (Å²) in [6.07, 6.45) is 1.44. The zero-order chi connectivity index (χ0) is 14.1. The van der Waals surface area contributed by atoms with Crippen LogP contribution in [0.4, 0.5) is 5.69 Å². The lowest BCUT2D eigenvalue weighted by Crippen LogP contribution is -2.09. The van der Waals surface area contributed by atoms with Gasteiger partial charge in [-0.15, -0.1) is 0 Å². The standard InChI is InChI=1S/C18H19NO/c1-12-3-6-14(7-4-12)15-9-10-18(20)19-17-11-13(2)5-8-16(15)17/h3-8,11,15H,9-10H2,1-2H3,(H,19,20). The Morgan fingerprint density at radius 1 is 1.00 bits per heavy atom. The number of carbonyl (C=O) groups is 1. The summed E-state index contributed by atoms with van der Waals surface area (Å²) < 4.78 is 0. The van der Waals surface area contributed by atoms with Crippen molar-refractivity contribution in [3.05, 3.63) is 64.7 Å². The largest absolute Gasteiger partial charge is 0.326 e. The summed E-state index contributed by atoms with van der Waals surface area (Å²) in [4.78, 5) is 11.9. The van der Waals surface area contributed by atoms with E-state index in [2.05, 4.69) is 61.6 Å². The number of fused-ring (bicyclic) bond motifs is 1. The third-order valence-corrected chi connectivity index (χ3v) is 4.00. The molecule has 0 saturated heterocycles. The first kappa shape index (κ1) is 12.9. The normalized spacial score (nSPS) is 18.1. The van der Waals surface area contributed by atoms with Gasteiger partial charge in [0.15, 0.2) is 0 Å². The Bertz CT molecular complexity index is 643. The minimum atomic E-state index is 0.117. The Balaban J connectivity index is 2.08. The van der Waals surface area contributed by atoms with Crippen LogP contribution in [-0.2, 0) is 4.79 Å². The maximum absolute atomic E-state index is 11.9. The molecule has 1 unspecified atom stereocenters. The maximum atomic E-state index is 11.9. The molecular formula is C18H19NO. The van der Waals surface area contributed by atoms with Crippen LogP contribution in [0.25, 0.3) is 0 Å². The fraction of sp³-hybridized carbons (Fsp3) is 0.278. The summed E-state index contributed by atoms with van der Waals surface area (Å²) in [5.41, 5.74) is 5.93. The Morgan fingerprint density at radius 2 is 1.70 bits per heavy atom. The molecule has 0 bridgehead atoms. The quantitative estimate of drug-likeness (QED) is 0.824. The van der Waals surface area contributed by atoms with Gasteiger partial charge in [-0.2, -0.15) is 0 Å². The van der Waals surface area contributed by atoms with Crippen LogP contribution in [0.3, 0.4) is 0 Å². The van der Waals surface area contributed by atoms with Crippen molar-refractivity contribution in [2.45, 2.75) is 32.6 Å². The molecule has 2 nitrogen and oxygen atoms in total. The first-order valence-corrected chi connectivity index (χ1v) is 7.10. The highest BCUT2D eigenvalue weighted by molar-refractivity contribution is 5.92. The van der Waals surface area contributed by atoms with Gasteiger partial charge in [-0.05, 0) is 43.0 Å². The molecule has 0 spiro atoms. The van der Waals surface area contributed by atoms with Crippen molar-refractivity contribution in [1.82, 2.24) is 0 Å². The average molecular weight is 265 g/mol. The second-order valence-electron chi connectivity index (χ2n) is 5.64. The lowest BCUT2D eigenvalue weighted by atomic mass is 9.86. The maximum Gasteiger partial charge on any atom is 0.224 e. The number of anilines is 1. The molecule has 0 aliphatic carbocycles. The molecule has 1 aliphatic heterocycles. The van der Waals surface area contributed by atoms with Crippen LogP contribution in [0, 0.1) is 13.8 Å². The molecule has 2 aromatic rings. The highest BCUT2D eigenvalue weighted by Gasteiger charge is 2.23. The SMILES string of the molecule is Cc1ccc(C2CCC(=O)Nc3cc(C)ccc32)cc1. The van der Waals surface area contributed by atoms with Crippen molar-refractivity contribution < 1.29 is 4.79 Å². The Hall–Kier alpha value is -2.09. The number of hydrogen-bond donors (Lipinski definition) is 1. The van der Waals surface area contributed by atoms with E-state index < -0.39 is 0 Å². The van der Waals surface area contributed by atoms with Gasteiger partial charge in [0.1, 0.15) is 0 Å². The number of benzene rings is 2. The summed E-state index contributed by atoms with van der Waals surface area (Å²) in [7, 11) is 0. The van der Waals surface area contributed by atoms with Gasteiger partial charge in [0.25, 0.3) is 0 Å². The van der Waals surface area contributed by atoms with E-state index >= 15 is 0 Å². The third kappa shape index (κ3) is 2.46. The van der Waals surface area contributed by atoms with E-state index in [1.54, 1.807) is 0 Å². The molecular weight excluding hydrogens is 246 g/mol. The van der Waals surface area contributed by atoms with Crippen molar-refractivity contribution in [3.63, 3.8) is 0 Å². The fourth-order valence-electron chi connectivity index (χ4n) is 2.87. The van der Waals surface area contributed by atoms with Crippen molar-refractivity contribution in [2.24, 2.45) is 0 Å². The molecule has 2 aromatic carbocycles. The summed E-state index contributed by atoms with van der Waals surface area (Å²) >= 11 is 0. The van der Waals surface area contributed by atoms with Crippen LogP contribution in [-0.4, -0.2) is 5.91 Å². The predicted molar refractivity (Wildman–Crippen MR) is 82.1 cm³/mol. The van der Waals surface area contributed by atoms with Gasteiger partial charge in [0.05, 0.1) is 0 Å². The molecule has 20 heavy (non-hydrogen) atoms. The van der Waals surface area contributed by atoms with Crippen molar-refractivity contribution in [1.29, 1.82) is 0 Å². The van der Waals surface area contributed by atoms with E-state index in [4.69, 9.17) is 0 Å². The van der Waals surface area contributed by atoms with E-state index in [0.717, 1.165) is 12.1 Å². The summed E-state index contributed by atoms with van der Waals surface area (Å²) in [6, 6.07) is 15.0. The molecule has 1 amide bonds. The fourth-order valence-corrected chi connectivity index (χ4v) is 2.87. The number of aryl methyl sites for hydroxylation is 2. The molecule has 102 valence electrons. The molecule has 1 aliphatic rings. The van der Waals surface area contributed by atoms with Crippen molar-refractivity contribution in [3.8, 4) is 0 Å². The number of carbonyl (C=O) groups excluding carboxylic acids is 1. The number of nitrogens with one attached hydrogen (secondary N) is 1. The van der Waals surface area contributed by atoms with Crippen molar-refractivity contribution >= 4 is 11.6 Å². The predicted octanol–water partition coefficient (Wildman–Crippen LogP) is 4.17. The minimum absolute atomic E-state index is 0.117. The lowest BCUT2D eigenvalue weighted by Gasteiger charge is -2.18. The summed E-state index contributed by atoms with van der Waals surface area (Å²) in [5, 5.41) is 3.04.